The van der Waals surface area contributed by atoms with Crippen molar-refractivity contribution in [2.45, 2.75) is 20.3 Å². The number of esters is 1. The molecule has 1 aromatic heterocycles. The molecule has 0 aliphatic rings. The highest BCUT2D eigenvalue weighted by atomic mass is 16.5. The van der Waals surface area contributed by atoms with E-state index in [9.17, 15) is 9.59 Å². The summed E-state index contributed by atoms with van der Waals surface area (Å²) in [7, 11) is 0. The zero-order valence-electron chi connectivity index (χ0n) is 11.9. The van der Waals surface area contributed by atoms with Gasteiger partial charge >= 0.3 is 5.97 Å². The van der Waals surface area contributed by atoms with Gasteiger partial charge in [0.05, 0.1) is 13.0 Å². The number of amides is 1. The van der Waals surface area contributed by atoms with E-state index in [4.69, 9.17) is 9.15 Å². The van der Waals surface area contributed by atoms with Crippen LogP contribution in [0.2, 0.25) is 0 Å². The highest BCUT2D eigenvalue weighted by molar-refractivity contribution is 6.02. The lowest BCUT2D eigenvalue weighted by Gasteiger charge is -2.05. The van der Waals surface area contributed by atoms with E-state index >= 15 is 0 Å². The Hall–Kier alpha value is -2.63. The number of carbonyl (C=O) groups excluding carboxylic acids is 2. The van der Waals surface area contributed by atoms with Gasteiger partial charge in [-0.1, -0.05) is 12.1 Å². The molecule has 1 N–H and O–H groups in total. The van der Waals surface area contributed by atoms with Crippen LogP contribution in [0.4, 0.5) is 5.69 Å². The van der Waals surface area contributed by atoms with Gasteiger partial charge in [0.15, 0.2) is 11.6 Å². The fourth-order valence-corrected chi connectivity index (χ4v) is 1.75. The molecule has 0 saturated heterocycles. The van der Waals surface area contributed by atoms with Gasteiger partial charge in [-0.25, -0.2) is 4.98 Å². The first kappa shape index (κ1) is 14.8. The van der Waals surface area contributed by atoms with Gasteiger partial charge in [-0.3, -0.25) is 9.59 Å². The zero-order valence-corrected chi connectivity index (χ0v) is 11.9. The summed E-state index contributed by atoms with van der Waals surface area (Å²) in [5, 5.41) is 2.70. The number of benzene rings is 1. The smallest absolute Gasteiger partial charge is 0.310 e. The number of rotatable bonds is 5. The molecule has 0 atom stereocenters. The van der Waals surface area contributed by atoms with Crippen molar-refractivity contribution in [3.8, 4) is 0 Å². The van der Waals surface area contributed by atoms with Crippen LogP contribution in [0.1, 0.15) is 28.9 Å². The Morgan fingerprint density at radius 3 is 2.57 bits per heavy atom. The summed E-state index contributed by atoms with van der Waals surface area (Å²) in [5.41, 5.74) is 1.67. The molecule has 2 aromatic rings. The molecule has 0 spiro atoms. The number of hydrogen-bond donors (Lipinski definition) is 1. The first-order chi connectivity index (χ1) is 10.1. The van der Waals surface area contributed by atoms with E-state index < -0.39 is 0 Å². The van der Waals surface area contributed by atoms with Gasteiger partial charge in [0, 0.05) is 12.6 Å². The van der Waals surface area contributed by atoms with E-state index in [2.05, 4.69) is 10.3 Å². The van der Waals surface area contributed by atoms with Crippen LogP contribution < -0.4 is 5.32 Å². The summed E-state index contributed by atoms with van der Waals surface area (Å²) in [4.78, 5) is 27.2. The monoisotopic (exact) mass is 288 g/mol. The van der Waals surface area contributed by atoms with E-state index in [1.807, 2.05) is 0 Å². The molecule has 0 aliphatic carbocycles. The molecular formula is C15H16N2O4. The van der Waals surface area contributed by atoms with Gasteiger partial charge in [0.1, 0.15) is 6.26 Å². The van der Waals surface area contributed by atoms with Crippen molar-refractivity contribution in [1.82, 2.24) is 4.98 Å². The van der Waals surface area contributed by atoms with Crippen molar-refractivity contribution < 1.29 is 18.7 Å². The number of nitrogens with one attached hydrogen (secondary N) is 1. The second kappa shape index (κ2) is 6.69. The second-order valence-corrected chi connectivity index (χ2v) is 4.38. The number of nitrogens with zero attached hydrogens (tertiary/aromatic N) is 1. The molecule has 0 saturated carbocycles. The van der Waals surface area contributed by atoms with Crippen LogP contribution in [0.15, 0.2) is 34.9 Å². The average molecular weight is 288 g/mol. The number of ether oxygens (including phenoxy) is 1. The van der Waals surface area contributed by atoms with Gasteiger partial charge < -0.3 is 14.5 Å². The molecule has 0 aliphatic heterocycles. The van der Waals surface area contributed by atoms with E-state index in [1.165, 1.54) is 6.26 Å². The molecule has 6 nitrogen and oxygen atoms in total. The Morgan fingerprint density at radius 2 is 2.00 bits per heavy atom. The normalized spacial score (nSPS) is 10.2. The molecule has 2 rings (SSSR count). The van der Waals surface area contributed by atoms with Crippen LogP contribution >= 0.6 is 0 Å². The first-order valence-corrected chi connectivity index (χ1v) is 6.56. The molecule has 1 heterocycles. The van der Waals surface area contributed by atoms with Gasteiger partial charge in [0.2, 0.25) is 0 Å². The number of hydrogen-bond acceptors (Lipinski definition) is 5. The highest BCUT2D eigenvalue weighted by Gasteiger charge is 2.11. The summed E-state index contributed by atoms with van der Waals surface area (Å²) in [5.74, 6) is -0.178. The average Bonchev–Trinajstić information content (AvgIpc) is 2.88. The standard InChI is InChI=1S/C15H16N2O4/c1-3-20-14(18)8-11-4-6-12(7-5-11)17-15(19)13-9-21-10(2)16-13/h4-7,9H,3,8H2,1-2H3,(H,17,19). The van der Waals surface area contributed by atoms with E-state index in [0.717, 1.165) is 5.56 Å². The minimum atomic E-state index is -0.343. The van der Waals surface area contributed by atoms with Gasteiger partial charge in [-0.05, 0) is 24.6 Å². The van der Waals surface area contributed by atoms with Crippen molar-refractivity contribution in [3.63, 3.8) is 0 Å². The third kappa shape index (κ3) is 4.17. The number of anilines is 1. The number of aryl methyl sites for hydroxylation is 1. The van der Waals surface area contributed by atoms with Crippen molar-refractivity contribution in [3.05, 3.63) is 47.7 Å². The van der Waals surface area contributed by atoms with Crippen LogP contribution in [-0.2, 0) is 16.0 Å². The van der Waals surface area contributed by atoms with Crippen molar-refractivity contribution in [2.24, 2.45) is 0 Å². The van der Waals surface area contributed by atoms with Crippen LogP contribution in [0.25, 0.3) is 0 Å². The van der Waals surface area contributed by atoms with Gasteiger partial charge in [0.25, 0.3) is 5.91 Å². The molecule has 0 unspecified atom stereocenters. The highest BCUT2D eigenvalue weighted by Crippen LogP contribution is 2.12. The largest absolute Gasteiger partial charge is 0.466 e. The lowest BCUT2D eigenvalue weighted by molar-refractivity contribution is -0.142. The van der Waals surface area contributed by atoms with Gasteiger partial charge in [-0.15, -0.1) is 0 Å². The summed E-state index contributed by atoms with van der Waals surface area (Å²) >= 11 is 0. The lowest BCUT2D eigenvalue weighted by Crippen LogP contribution is -2.12. The Balaban J connectivity index is 1.96. The van der Waals surface area contributed by atoms with Crippen LogP contribution in [-0.4, -0.2) is 23.5 Å². The summed E-state index contributed by atoms with van der Waals surface area (Å²) < 4.78 is 9.86. The Morgan fingerprint density at radius 1 is 1.29 bits per heavy atom. The molecule has 6 heteroatoms. The summed E-state index contributed by atoms with van der Waals surface area (Å²) in [6.45, 7) is 3.80. The third-order valence-electron chi connectivity index (χ3n) is 2.72. The van der Waals surface area contributed by atoms with Crippen LogP contribution in [0.3, 0.4) is 0 Å². The minimum absolute atomic E-state index is 0.213. The topological polar surface area (TPSA) is 81.4 Å². The Bertz CT molecular complexity index is 631. The molecule has 0 fully saturated rings. The maximum Gasteiger partial charge on any atom is 0.310 e. The number of aromatic nitrogens is 1. The molecule has 0 bridgehead atoms. The Labute approximate surface area is 122 Å². The summed E-state index contributed by atoms with van der Waals surface area (Å²) in [6.07, 6.45) is 1.52. The molecular weight excluding hydrogens is 272 g/mol. The Kier molecular flexibility index (Phi) is 4.71. The second-order valence-electron chi connectivity index (χ2n) is 4.38. The molecule has 21 heavy (non-hydrogen) atoms. The minimum Gasteiger partial charge on any atom is -0.466 e. The maximum atomic E-state index is 11.9. The van der Waals surface area contributed by atoms with Crippen molar-refractivity contribution in [2.75, 3.05) is 11.9 Å². The van der Waals surface area contributed by atoms with E-state index in [0.29, 0.717) is 18.2 Å². The quantitative estimate of drug-likeness (QED) is 0.854. The SMILES string of the molecule is CCOC(=O)Cc1ccc(NC(=O)c2coc(C)n2)cc1. The molecule has 110 valence electrons. The molecule has 1 aromatic carbocycles. The molecule has 1 amide bonds. The third-order valence-corrected chi connectivity index (χ3v) is 2.72. The van der Waals surface area contributed by atoms with Crippen molar-refractivity contribution in [1.29, 1.82) is 0 Å². The van der Waals surface area contributed by atoms with Crippen molar-refractivity contribution >= 4 is 17.6 Å². The van der Waals surface area contributed by atoms with Crippen LogP contribution in [0, 0.1) is 6.92 Å². The number of oxazole rings is 1. The molecule has 0 radical (unpaired) electrons. The zero-order chi connectivity index (χ0) is 15.2. The van der Waals surface area contributed by atoms with E-state index in [1.54, 1.807) is 38.1 Å². The predicted octanol–water partition coefficient (Wildman–Crippen LogP) is 2.34. The first-order valence-electron chi connectivity index (χ1n) is 6.56. The maximum absolute atomic E-state index is 11.9. The lowest BCUT2D eigenvalue weighted by atomic mass is 10.1. The van der Waals surface area contributed by atoms with Gasteiger partial charge in [-0.2, -0.15) is 0 Å². The summed E-state index contributed by atoms with van der Waals surface area (Å²) in [6, 6.07) is 6.97. The fourth-order valence-electron chi connectivity index (χ4n) is 1.75. The van der Waals surface area contributed by atoms with Crippen LogP contribution in [0.5, 0.6) is 0 Å². The van der Waals surface area contributed by atoms with E-state index in [-0.39, 0.29) is 24.0 Å². The fraction of sp³-hybridized carbons (Fsp3) is 0.267. The predicted molar refractivity (Wildman–Crippen MR) is 76.0 cm³/mol. The number of carbonyl (C=O) groups is 2.